The quantitative estimate of drug-likeness (QED) is 0.378. The molecule has 0 saturated heterocycles. The molecule has 0 saturated carbocycles. The van der Waals surface area contributed by atoms with Crippen LogP contribution in [0.5, 0.6) is 11.5 Å². The Morgan fingerprint density at radius 2 is 1.69 bits per heavy atom. The summed E-state index contributed by atoms with van der Waals surface area (Å²) >= 11 is 0. The minimum absolute atomic E-state index is 0.0237. The topological polar surface area (TPSA) is 98.9 Å². The number of rotatable bonds is 4. The van der Waals surface area contributed by atoms with Crippen LogP contribution in [0.4, 0.5) is 10.2 Å². The lowest BCUT2D eigenvalue weighted by atomic mass is 10.2. The largest absolute Gasteiger partial charge is 0.486 e. The van der Waals surface area contributed by atoms with Crippen molar-refractivity contribution in [2.75, 3.05) is 24.6 Å². The minimum atomic E-state index is -4.04. The third-order valence-corrected chi connectivity index (χ3v) is 7.53. The number of halogens is 1. The predicted molar refractivity (Wildman–Crippen MR) is 127 cm³/mol. The van der Waals surface area contributed by atoms with E-state index in [-0.39, 0.29) is 22.2 Å². The van der Waals surface area contributed by atoms with Gasteiger partial charge in [-0.2, -0.15) is 0 Å². The van der Waals surface area contributed by atoms with Gasteiger partial charge < -0.3 is 9.47 Å². The van der Waals surface area contributed by atoms with Gasteiger partial charge in [0.05, 0.1) is 15.9 Å². The summed E-state index contributed by atoms with van der Waals surface area (Å²) < 4.78 is 54.6. The highest BCUT2D eigenvalue weighted by Crippen LogP contribution is 2.35. The molecular formula is C24H18FN5O4S. The van der Waals surface area contributed by atoms with Crippen molar-refractivity contribution >= 4 is 32.5 Å². The number of fused-ring (bicyclic) bond motifs is 4. The second-order valence-corrected chi connectivity index (χ2v) is 9.86. The van der Waals surface area contributed by atoms with E-state index in [1.807, 2.05) is 18.2 Å². The first-order valence-electron chi connectivity index (χ1n) is 10.7. The second-order valence-electron chi connectivity index (χ2n) is 7.89. The van der Waals surface area contributed by atoms with Crippen LogP contribution in [0.3, 0.4) is 0 Å². The van der Waals surface area contributed by atoms with Crippen LogP contribution in [0, 0.1) is 5.82 Å². The van der Waals surface area contributed by atoms with Crippen LogP contribution in [0.1, 0.15) is 0 Å². The summed E-state index contributed by atoms with van der Waals surface area (Å²) in [5, 5.41) is 8.57. The molecular weight excluding hydrogens is 473 g/mol. The van der Waals surface area contributed by atoms with E-state index in [0.717, 1.165) is 4.31 Å². The zero-order chi connectivity index (χ0) is 24.2. The number of ether oxygens (including phenoxy) is 2. The number of hydrogen-bond donors (Lipinski definition) is 0. The molecule has 6 rings (SSSR count). The molecule has 0 fully saturated rings. The highest BCUT2D eigenvalue weighted by molar-refractivity contribution is 7.92. The van der Waals surface area contributed by atoms with Crippen molar-refractivity contribution in [2.24, 2.45) is 0 Å². The van der Waals surface area contributed by atoms with Gasteiger partial charge in [0.2, 0.25) is 5.65 Å². The summed E-state index contributed by atoms with van der Waals surface area (Å²) in [6.45, 7) is 0.742. The molecule has 176 valence electrons. The zero-order valence-electron chi connectivity index (χ0n) is 18.4. The number of sulfonamides is 1. The molecule has 0 N–H and O–H groups in total. The lowest BCUT2D eigenvalue weighted by molar-refractivity contribution is 0.171. The summed E-state index contributed by atoms with van der Waals surface area (Å²) in [7, 11) is -2.63. The SMILES string of the molecule is CN(c1nc2ccccc2n2c(-c3ccc(F)cc3)nnc12)S(=O)(=O)c1ccc2c(c1)OCCO2. The second kappa shape index (κ2) is 7.91. The van der Waals surface area contributed by atoms with Crippen molar-refractivity contribution in [3.63, 3.8) is 0 Å². The molecule has 0 bridgehead atoms. The third kappa shape index (κ3) is 3.43. The summed E-state index contributed by atoms with van der Waals surface area (Å²) in [6, 6.07) is 17.6. The van der Waals surface area contributed by atoms with Gasteiger partial charge in [0.25, 0.3) is 10.0 Å². The highest BCUT2D eigenvalue weighted by Gasteiger charge is 2.28. The number of nitrogens with zero attached hydrogens (tertiary/aromatic N) is 5. The molecule has 9 nitrogen and oxygen atoms in total. The van der Waals surface area contributed by atoms with Gasteiger partial charge in [0, 0.05) is 18.7 Å². The molecule has 0 atom stereocenters. The molecule has 1 aliphatic rings. The van der Waals surface area contributed by atoms with E-state index in [1.165, 1.54) is 31.3 Å². The summed E-state index contributed by atoms with van der Waals surface area (Å²) in [5.41, 5.74) is 2.09. The van der Waals surface area contributed by atoms with Crippen LogP contribution in [-0.4, -0.2) is 48.3 Å². The summed E-state index contributed by atoms with van der Waals surface area (Å²) in [4.78, 5) is 4.63. The van der Waals surface area contributed by atoms with Crippen molar-refractivity contribution in [3.8, 4) is 22.9 Å². The van der Waals surface area contributed by atoms with Gasteiger partial charge in [-0.05, 0) is 48.5 Å². The first kappa shape index (κ1) is 21.3. The fourth-order valence-corrected chi connectivity index (χ4v) is 5.18. The van der Waals surface area contributed by atoms with Crippen LogP contribution in [0.2, 0.25) is 0 Å². The molecule has 0 radical (unpaired) electrons. The van der Waals surface area contributed by atoms with E-state index >= 15 is 0 Å². The minimum Gasteiger partial charge on any atom is -0.486 e. The number of aromatic nitrogens is 4. The molecule has 0 unspecified atom stereocenters. The maximum absolute atomic E-state index is 13.6. The van der Waals surface area contributed by atoms with Gasteiger partial charge >= 0.3 is 0 Å². The van der Waals surface area contributed by atoms with Gasteiger partial charge in [-0.1, -0.05) is 12.1 Å². The van der Waals surface area contributed by atoms with E-state index in [0.29, 0.717) is 47.1 Å². The van der Waals surface area contributed by atoms with Crippen LogP contribution < -0.4 is 13.8 Å². The number of benzene rings is 3. The Hall–Kier alpha value is -4.25. The molecule has 5 aromatic rings. The van der Waals surface area contributed by atoms with Gasteiger partial charge in [-0.3, -0.25) is 4.40 Å². The molecule has 35 heavy (non-hydrogen) atoms. The molecule has 2 aromatic heterocycles. The fourth-order valence-electron chi connectivity index (χ4n) is 4.02. The Kier molecular flexibility index (Phi) is 4.81. The number of hydrogen-bond acceptors (Lipinski definition) is 7. The Morgan fingerprint density at radius 3 is 2.49 bits per heavy atom. The molecule has 3 heterocycles. The first-order chi connectivity index (χ1) is 16.9. The molecule has 1 aliphatic heterocycles. The van der Waals surface area contributed by atoms with Crippen molar-refractivity contribution in [1.82, 2.24) is 19.6 Å². The normalized spacial score (nSPS) is 13.3. The van der Waals surface area contributed by atoms with Gasteiger partial charge in [0.1, 0.15) is 19.0 Å². The Bertz CT molecular complexity index is 1700. The average molecular weight is 492 g/mol. The molecule has 11 heteroatoms. The fraction of sp³-hybridized carbons (Fsp3) is 0.125. The molecule has 0 amide bonds. The Balaban J connectivity index is 1.54. The third-order valence-electron chi connectivity index (χ3n) is 5.78. The molecule has 3 aromatic carbocycles. The average Bonchev–Trinajstić information content (AvgIpc) is 3.33. The van der Waals surface area contributed by atoms with Crippen molar-refractivity contribution in [2.45, 2.75) is 4.90 Å². The van der Waals surface area contributed by atoms with E-state index in [1.54, 1.807) is 28.7 Å². The standard InChI is InChI=1S/C24H18FN5O4S/c1-29(35(31,32)17-10-11-20-21(14-17)34-13-12-33-20)23-24-28-27-22(15-6-8-16(25)9-7-15)30(24)19-5-3-2-4-18(19)26-23/h2-11,14H,12-13H2,1H3. The summed E-state index contributed by atoms with van der Waals surface area (Å²) in [6.07, 6.45) is 0. The lowest BCUT2D eigenvalue weighted by Crippen LogP contribution is -2.28. The van der Waals surface area contributed by atoms with Crippen molar-refractivity contribution in [3.05, 3.63) is 72.5 Å². The van der Waals surface area contributed by atoms with E-state index in [4.69, 9.17) is 9.47 Å². The number of anilines is 1. The Morgan fingerprint density at radius 1 is 0.943 bits per heavy atom. The molecule has 0 aliphatic carbocycles. The maximum Gasteiger partial charge on any atom is 0.265 e. The van der Waals surface area contributed by atoms with Gasteiger partial charge in [-0.25, -0.2) is 22.1 Å². The van der Waals surface area contributed by atoms with E-state index in [9.17, 15) is 12.8 Å². The predicted octanol–water partition coefficient (Wildman–Crippen LogP) is 3.68. The first-order valence-corrected chi connectivity index (χ1v) is 12.2. The maximum atomic E-state index is 13.6. The summed E-state index contributed by atoms with van der Waals surface area (Å²) in [5.74, 6) is 1.01. The van der Waals surface area contributed by atoms with Gasteiger partial charge in [0.15, 0.2) is 23.1 Å². The van der Waals surface area contributed by atoms with E-state index in [2.05, 4.69) is 15.2 Å². The monoisotopic (exact) mass is 491 g/mol. The van der Waals surface area contributed by atoms with E-state index < -0.39 is 10.0 Å². The number of para-hydroxylation sites is 2. The smallest absolute Gasteiger partial charge is 0.265 e. The Labute approximate surface area is 199 Å². The zero-order valence-corrected chi connectivity index (χ0v) is 19.2. The lowest BCUT2D eigenvalue weighted by Gasteiger charge is -2.22. The molecule has 0 spiro atoms. The van der Waals surface area contributed by atoms with Crippen LogP contribution in [-0.2, 0) is 10.0 Å². The van der Waals surface area contributed by atoms with Crippen LogP contribution in [0.25, 0.3) is 28.1 Å². The van der Waals surface area contributed by atoms with Crippen LogP contribution >= 0.6 is 0 Å². The van der Waals surface area contributed by atoms with Gasteiger partial charge in [-0.15, -0.1) is 10.2 Å². The van der Waals surface area contributed by atoms with Crippen LogP contribution in [0.15, 0.2) is 71.6 Å². The van der Waals surface area contributed by atoms with Crippen molar-refractivity contribution < 1.29 is 22.3 Å². The van der Waals surface area contributed by atoms with Crippen molar-refractivity contribution in [1.29, 1.82) is 0 Å². The highest BCUT2D eigenvalue weighted by atomic mass is 32.2.